The minimum Gasteiger partial charge on any atom is -0.493 e. The van der Waals surface area contributed by atoms with Crippen molar-refractivity contribution >= 4 is 17.4 Å². The summed E-state index contributed by atoms with van der Waals surface area (Å²) in [5, 5.41) is 7.67. The third-order valence-electron chi connectivity index (χ3n) is 2.99. The lowest BCUT2D eigenvalue weighted by atomic mass is 10.1. The summed E-state index contributed by atoms with van der Waals surface area (Å²) in [6.07, 6.45) is 2.39. The molecule has 5 nitrogen and oxygen atoms in total. The van der Waals surface area contributed by atoms with Crippen LogP contribution in [0.1, 0.15) is 18.1 Å². The number of benzene rings is 1. The van der Waals surface area contributed by atoms with Gasteiger partial charge in [-0.05, 0) is 30.2 Å². The van der Waals surface area contributed by atoms with Gasteiger partial charge in [0.1, 0.15) is 10.9 Å². The number of methoxy groups -OCH3 is 1. The van der Waals surface area contributed by atoms with Gasteiger partial charge in [-0.1, -0.05) is 24.6 Å². The molecular weight excluding hydrogens is 290 g/mol. The Balaban J connectivity index is 2.38. The van der Waals surface area contributed by atoms with E-state index in [1.807, 2.05) is 12.1 Å². The van der Waals surface area contributed by atoms with E-state index in [0.717, 1.165) is 12.0 Å². The molecule has 2 rings (SSSR count). The number of rotatable bonds is 5. The zero-order chi connectivity index (χ0) is 15.4. The van der Waals surface area contributed by atoms with Crippen LogP contribution in [-0.4, -0.2) is 17.9 Å². The van der Waals surface area contributed by atoms with Crippen molar-refractivity contribution in [1.29, 1.82) is 5.41 Å². The Morgan fingerprint density at radius 2 is 2.10 bits per heavy atom. The number of ether oxygens (including phenoxy) is 2. The molecule has 6 heteroatoms. The second-order valence-electron chi connectivity index (χ2n) is 4.33. The van der Waals surface area contributed by atoms with Crippen LogP contribution in [0.25, 0.3) is 0 Å². The van der Waals surface area contributed by atoms with Crippen LogP contribution >= 0.6 is 11.6 Å². The Morgan fingerprint density at radius 1 is 1.33 bits per heavy atom. The SMILES string of the molecule is CCc1ccc(Oc2nccc(C(=N)N)c2Cl)c(OC)c1. The van der Waals surface area contributed by atoms with E-state index in [2.05, 4.69) is 11.9 Å². The predicted octanol–water partition coefficient (Wildman–Crippen LogP) is 3.38. The molecular formula is C15H16ClN3O2. The molecule has 1 aromatic carbocycles. The first-order valence-electron chi connectivity index (χ1n) is 6.40. The number of pyridine rings is 1. The number of aryl methyl sites for hydroxylation is 1. The van der Waals surface area contributed by atoms with Crippen LogP contribution in [0.15, 0.2) is 30.5 Å². The zero-order valence-electron chi connectivity index (χ0n) is 11.8. The second-order valence-corrected chi connectivity index (χ2v) is 4.71. The van der Waals surface area contributed by atoms with Crippen LogP contribution in [0.3, 0.4) is 0 Å². The summed E-state index contributed by atoms with van der Waals surface area (Å²) < 4.78 is 11.0. The third-order valence-corrected chi connectivity index (χ3v) is 3.36. The molecule has 0 bridgehead atoms. The van der Waals surface area contributed by atoms with Gasteiger partial charge < -0.3 is 15.2 Å². The molecule has 2 aromatic rings. The Bertz CT molecular complexity index is 674. The van der Waals surface area contributed by atoms with Crippen molar-refractivity contribution in [1.82, 2.24) is 4.98 Å². The lowest BCUT2D eigenvalue weighted by molar-refractivity contribution is 0.374. The molecule has 0 aliphatic rings. The highest BCUT2D eigenvalue weighted by atomic mass is 35.5. The molecule has 0 saturated carbocycles. The van der Waals surface area contributed by atoms with Crippen molar-refractivity contribution < 1.29 is 9.47 Å². The smallest absolute Gasteiger partial charge is 0.239 e. The van der Waals surface area contributed by atoms with E-state index in [4.69, 9.17) is 32.2 Å². The van der Waals surface area contributed by atoms with Crippen molar-refractivity contribution in [3.05, 3.63) is 46.6 Å². The number of nitrogens with one attached hydrogen (secondary N) is 1. The molecule has 3 N–H and O–H groups in total. The summed E-state index contributed by atoms with van der Waals surface area (Å²) in [6, 6.07) is 7.21. The normalized spacial score (nSPS) is 10.2. The van der Waals surface area contributed by atoms with E-state index in [9.17, 15) is 0 Å². The number of aromatic nitrogens is 1. The predicted molar refractivity (Wildman–Crippen MR) is 82.7 cm³/mol. The fourth-order valence-electron chi connectivity index (χ4n) is 1.82. The fraction of sp³-hybridized carbons (Fsp3) is 0.200. The first-order valence-corrected chi connectivity index (χ1v) is 6.78. The Hall–Kier alpha value is -2.27. The van der Waals surface area contributed by atoms with Crippen molar-refractivity contribution in [2.24, 2.45) is 5.73 Å². The number of hydrogen-bond acceptors (Lipinski definition) is 4. The van der Waals surface area contributed by atoms with E-state index in [1.54, 1.807) is 19.2 Å². The summed E-state index contributed by atoms with van der Waals surface area (Å²) in [5.41, 5.74) is 6.98. The summed E-state index contributed by atoms with van der Waals surface area (Å²) in [4.78, 5) is 4.07. The fourth-order valence-corrected chi connectivity index (χ4v) is 2.08. The van der Waals surface area contributed by atoms with Gasteiger partial charge in [-0.2, -0.15) is 0 Å². The number of nitrogens with zero attached hydrogens (tertiary/aromatic N) is 1. The van der Waals surface area contributed by atoms with Crippen molar-refractivity contribution in [2.45, 2.75) is 13.3 Å². The maximum absolute atomic E-state index is 7.47. The van der Waals surface area contributed by atoms with Gasteiger partial charge in [0.05, 0.1) is 7.11 Å². The number of nitrogen functional groups attached to an aromatic ring is 1. The minimum absolute atomic E-state index is 0.138. The zero-order valence-corrected chi connectivity index (χ0v) is 12.6. The van der Waals surface area contributed by atoms with E-state index in [0.29, 0.717) is 17.1 Å². The van der Waals surface area contributed by atoms with E-state index >= 15 is 0 Å². The molecule has 0 unspecified atom stereocenters. The monoisotopic (exact) mass is 305 g/mol. The number of nitrogens with two attached hydrogens (primary N) is 1. The first kappa shape index (κ1) is 15.1. The number of halogens is 1. The number of hydrogen-bond donors (Lipinski definition) is 2. The van der Waals surface area contributed by atoms with Crippen LogP contribution in [0.5, 0.6) is 17.4 Å². The Morgan fingerprint density at radius 3 is 2.71 bits per heavy atom. The molecule has 0 radical (unpaired) electrons. The van der Waals surface area contributed by atoms with Crippen LogP contribution in [-0.2, 0) is 6.42 Å². The third kappa shape index (κ3) is 3.25. The summed E-state index contributed by atoms with van der Waals surface area (Å²) in [7, 11) is 1.57. The van der Waals surface area contributed by atoms with Gasteiger partial charge in [-0.15, -0.1) is 0 Å². The van der Waals surface area contributed by atoms with Crippen LogP contribution < -0.4 is 15.2 Å². The van der Waals surface area contributed by atoms with Crippen molar-refractivity contribution in [3.63, 3.8) is 0 Å². The van der Waals surface area contributed by atoms with Gasteiger partial charge in [0.15, 0.2) is 11.5 Å². The molecule has 0 aliphatic heterocycles. The molecule has 0 amide bonds. The molecule has 0 spiro atoms. The minimum atomic E-state index is -0.138. The maximum atomic E-state index is 7.47. The van der Waals surface area contributed by atoms with Crippen molar-refractivity contribution in [3.8, 4) is 17.4 Å². The quantitative estimate of drug-likeness (QED) is 0.655. The largest absolute Gasteiger partial charge is 0.493 e. The molecule has 1 heterocycles. The van der Waals surface area contributed by atoms with Gasteiger partial charge >= 0.3 is 0 Å². The summed E-state index contributed by atoms with van der Waals surface area (Å²) in [5.74, 6) is 1.15. The highest BCUT2D eigenvalue weighted by molar-refractivity contribution is 6.35. The molecule has 0 saturated heterocycles. The first-order chi connectivity index (χ1) is 10.1. The average Bonchev–Trinajstić information content (AvgIpc) is 2.49. The molecule has 110 valence electrons. The van der Waals surface area contributed by atoms with Gasteiger partial charge in [0.2, 0.25) is 5.88 Å². The maximum Gasteiger partial charge on any atom is 0.239 e. The second kappa shape index (κ2) is 6.45. The van der Waals surface area contributed by atoms with Crippen LogP contribution in [0, 0.1) is 5.41 Å². The highest BCUT2D eigenvalue weighted by Gasteiger charge is 2.14. The van der Waals surface area contributed by atoms with Gasteiger partial charge in [0, 0.05) is 11.8 Å². The molecule has 0 aliphatic carbocycles. The molecule has 0 fully saturated rings. The Kier molecular flexibility index (Phi) is 4.65. The topological polar surface area (TPSA) is 81.2 Å². The molecule has 1 aromatic heterocycles. The van der Waals surface area contributed by atoms with Gasteiger partial charge in [-0.3, -0.25) is 5.41 Å². The molecule has 21 heavy (non-hydrogen) atoms. The van der Waals surface area contributed by atoms with Crippen LogP contribution in [0.4, 0.5) is 0 Å². The highest BCUT2D eigenvalue weighted by Crippen LogP contribution is 2.35. The summed E-state index contributed by atoms with van der Waals surface area (Å²) in [6.45, 7) is 2.06. The van der Waals surface area contributed by atoms with E-state index in [1.165, 1.54) is 6.20 Å². The Labute approximate surface area is 128 Å². The standard InChI is InChI=1S/C15H16ClN3O2/c1-3-9-4-5-11(12(8-9)20-2)21-15-13(16)10(14(17)18)6-7-19-15/h4-8H,3H2,1-2H3,(H3,17,18). The van der Waals surface area contributed by atoms with Gasteiger partial charge in [0.25, 0.3) is 0 Å². The van der Waals surface area contributed by atoms with Crippen molar-refractivity contribution in [2.75, 3.05) is 7.11 Å². The van der Waals surface area contributed by atoms with Gasteiger partial charge in [-0.25, -0.2) is 4.98 Å². The van der Waals surface area contributed by atoms with E-state index in [-0.39, 0.29) is 16.7 Å². The number of amidine groups is 1. The summed E-state index contributed by atoms with van der Waals surface area (Å²) >= 11 is 6.16. The van der Waals surface area contributed by atoms with Crippen LogP contribution in [0.2, 0.25) is 5.02 Å². The lowest BCUT2D eigenvalue weighted by Crippen LogP contribution is -2.12. The lowest BCUT2D eigenvalue weighted by Gasteiger charge is -2.12. The molecule has 0 atom stereocenters. The van der Waals surface area contributed by atoms with E-state index < -0.39 is 0 Å². The average molecular weight is 306 g/mol.